The Kier molecular flexibility index (Phi) is 3.68. The van der Waals surface area contributed by atoms with Gasteiger partial charge in [0.15, 0.2) is 0 Å². The van der Waals surface area contributed by atoms with Gasteiger partial charge in [-0.2, -0.15) is 0 Å². The molecule has 1 aliphatic rings. The quantitative estimate of drug-likeness (QED) is 0.806. The van der Waals surface area contributed by atoms with Crippen molar-refractivity contribution in [3.8, 4) is 0 Å². The molecule has 1 N–H and O–H groups in total. The fraction of sp³-hybridized carbons (Fsp3) is 0.923. The smallest absolute Gasteiger partial charge is 0.306 e. The molecule has 0 spiro atoms. The van der Waals surface area contributed by atoms with E-state index in [1.54, 1.807) is 0 Å². The maximum Gasteiger partial charge on any atom is 0.306 e. The summed E-state index contributed by atoms with van der Waals surface area (Å²) in [6.45, 7) is 8.68. The van der Waals surface area contributed by atoms with E-state index in [4.69, 9.17) is 0 Å². The van der Waals surface area contributed by atoms with Gasteiger partial charge in [-0.25, -0.2) is 0 Å². The number of rotatable bonds is 3. The Balaban J connectivity index is 3.03. The second-order valence-electron chi connectivity index (χ2n) is 5.70. The predicted octanol–water partition coefficient (Wildman–Crippen LogP) is 2.75. The molecule has 3 nitrogen and oxygen atoms in total. The van der Waals surface area contributed by atoms with Gasteiger partial charge in [-0.1, -0.05) is 13.8 Å². The third-order valence-corrected chi connectivity index (χ3v) is 4.86. The lowest BCUT2D eigenvalue weighted by atomic mass is 9.70. The van der Waals surface area contributed by atoms with Crippen LogP contribution in [0.1, 0.15) is 53.4 Å². The molecule has 1 saturated heterocycles. The van der Waals surface area contributed by atoms with Crippen molar-refractivity contribution in [3.63, 3.8) is 0 Å². The second kappa shape index (κ2) is 4.36. The van der Waals surface area contributed by atoms with Crippen molar-refractivity contribution in [1.82, 2.24) is 4.90 Å². The molecule has 1 aliphatic heterocycles. The predicted molar refractivity (Wildman–Crippen MR) is 65.5 cm³/mol. The number of aliphatic carboxylic acids is 1. The van der Waals surface area contributed by atoms with Crippen LogP contribution in [0.25, 0.3) is 0 Å². The minimum atomic E-state index is -0.632. The molecule has 1 rings (SSSR count). The van der Waals surface area contributed by atoms with E-state index in [9.17, 15) is 9.90 Å². The number of likely N-dealkylation sites (tertiary alicyclic amines) is 1. The van der Waals surface area contributed by atoms with E-state index in [2.05, 4.69) is 39.6 Å². The van der Waals surface area contributed by atoms with Crippen LogP contribution in [0.5, 0.6) is 0 Å². The van der Waals surface area contributed by atoms with E-state index < -0.39 is 5.97 Å². The standard InChI is InChI=1S/C13H25NO2/c1-6-12(3)8-10(11(15)16)9-13(4,7-2)14(12)5/h10H,6-9H2,1-5H3,(H,15,16). The van der Waals surface area contributed by atoms with Gasteiger partial charge in [-0.3, -0.25) is 9.69 Å². The SMILES string of the molecule is CCC1(C)CC(C(=O)O)CC(C)(CC)N1C. The molecule has 0 aromatic heterocycles. The van der Waals surface area contributed by atoms with Gasteiger partial charge in [0.25, 0.3) is 0 Å². The third kappa shape index (κ3) is 2.10. The highest BCUT2D eigenvalue weighted by Crippen LogP contribution is 2.43. The van der Waals surface area contributed by atoms with E-state index in [0.717, 1.165) is 25.7 Å². The lowest BCUT2D eigenvalue weighted by Crippen LogP contribution is -2.61. The molecule has 0 aliphatic carbocycles. The number of carbonyl (C=O) groups is 1. The van der Waals surface area contributed by atoms with Crippen molar-refractivity contribution in [2.24, 2.45) is 5.92 Å². The number of nitrogens with zero attached hydrogens (tertiary/aromatic N) is 1. The van der Waals surface area contributed by atoms with Crippen molar-refractivity contribution in [3.05, 3.63) is 0 Å². The fourth-order valence-corrected chi connectivity index (χ4v) is 3.00. The van der Waals surface area contributed by atoms with E-state index in [1.165, 1.54) is 0 Å². The zero-order valence-corrected chi connectivity index (χ0v) is 11.2. The average Bonchev–Trinajstić information content (AvgIpc) is 2.25. The van der Waals surface area contributed by atoms with E-state index >= 15 is 0 Å². The molecule has 0 bridgehead atoms. The normalized spacial score (nSPS) is 40.9. The number of hydrogen-bond donors (Lipinski definition) is 1. The van der Waals surface area contributed by atoms with Gasteiger partial charge in [-0.15, -0.1) is 0 Å². The van der Waals surface area contributed by atoms with Crippen molar-refractivity contribution in [2.75, 3.05) is 7.05 Å². The van der Waals surface area contributed by atoms with Crippen molar-refractivity contribution < 1.29 is 9.90 Å². The summed E-state index contributed by atoms with van der Waals surface area (Å²) < 4.78 is 0. The number of hydrogen-bond acceptors (Lipinski definition) is 2. The van der Waals surface area contributed by atoms with E-state index in [1.807, 2.05) is 0 Å². The lowest BCUT2D eigenvalue weighted by molar-refractivity contribution is -0.150. The summed E-state index contributed by atoms with van der Waals surface area (Å²) in [5.74, 6) is -0.821. The molecule has 2 unspecified atom stereocenters. The summed E-state index contributed by atoms with van der Waals surface area (Å²) in [4.78, 5) is 13.7. The highest BCUT2D eigenvalue weighted by molar-refractivity contribution is 5.70. The molecule has 3 heteroatoms. The summed E-state index contributed by atoms with van der Waals surface area (Å²) in [6.07, 6.45) is 3.54. The average molecular weight is 227 g/mol. The van der Waals surface area contributed by atoms with Gasteiger partial charge in [0.2, 0.25) is 0 Å². The van der Waals surface area contributed by atoms with Crippen molar-refractivity contribution in [2.45, 2.75) is 64.5 Å². The first kappa shape index (κ1) is 13.5. The van der Waals surface area contributed by atoms with Crippen LogP contribution in [0.4, 0.5) is 0 Å². The second-order valence-corrected chi connectivity index (χ2v) is 5.70. The fourth-order valence-electron chi connectivity index (χ4n) is 3.00. The summed E-state index contributed by atoms with van der Waals surface area (Å²) in [7, 11) is 2.14. The number of carboxylic acids is 1. The highest BCUT2D eigenvalue weighted by atomic mass is 16.4. The van der Waals surface area contributed by atoms with E-state index in [-0.39, 0.29) is 17.0 Å². The van der Waals surface area contributed by atoms with Gasteiger partial charge in [-0.05, 0) is 46.6 Å². The molecule has 94 valence electrons. The highest BCUT2D eigenvalue weighted by Gasteiger charge is 2.48. The van der Waals surface area contributed by atoms with Crippen molar-refractivity contribution in [1.29, 1.82) is 0 Å². The molecule has 0 radical (unpaired) electrons. The van der Waals surface area contributed by atoms with Gasteiger partial charge in [0.05, 0.1) is 5.92 Å². The van der Waals surface area contributed by atoms with Crippen LogP contribution in [-0.4, -0.2) is 34.1 Å². The zero-order chi connectivity index (χ0) is 12.6. The Morgan fingerprint density at radius 2 is 1.62 bits per heavy atom. The van der Waals surface area contributed by atoms with Crippen LogP contribution in [-0.2, 0) is 4.79 Å². The number of piperidine rings is 1. The van der Waals surface area contributed by atoms with Crippen LogP contribution in [0.2, 0.25) is 0 Å². The monoisotopic (exact) mass is 227 g/mol. The van der Waals surface area contributed by atoms with Crippen LogP contribution < -0.4 is 0 Å². The largest absolute Gasteiger partial charge is 0.481 e. The molecular formula is C13H25NO2. The van der Waals surface area contributed by atoms with Gasteiger partial charge < -0.3 is 5.11 Å². The number of carboxylic acid groups (broad SMARTS) is 1. The van der Waals surface area contributed by atoms with Gasteiger partial charge >= 0.3 is 5.97 Å². The van der Waals surface area contributed by atoms with Crippen LogP contribution in [0.3, 0.4) is 0 Å². The van der Waals surface area contributed by atoms with Crippen LogP contribution >= 0.6 is 0 Å². The Morgan fingerprint density at radius 3 is 1.88 bits per heavy atom. The molecule has 1 heterocycles. The van der Waals surface area contributed by atoms with Gasteiger partial charge in [0, 0.05) is 11.1 Å². The Labute approximate surface area is 98.8 Å². The van der Waals surface area contributed by atoms with E-state index in [0.29, 0.717) is 0 Å². The van der Waals surface area contributed by atoms with Crippen molar-refractivity contribution >= 4 is 5.97 Å². The molecule has 1 fully saturated rings. The lowest BCUT2D eigenvalue weighted by Gasteiger charge is -2.55. The summed E-state index contributed by atoms with van der Waals surface area (Å²) in [5.41, 5.74) is 0.0398. The zero-order valence-electron chi connectivity index (χ0n) is 11.2. The van der Waals surface area contributed by atoms with Crippen LogP contribution in [0.15, 0.2) is 0 Å². The minimum Gasteiger partial charge on any atom is -0.481 e. The summed E-state index contributed by atoms with van der Waals surface area (Å²) >= 11 is 0. The first-order chi connectivity index (χ1) is 7.29. The third-order valence-electron chi connectivity index (χ3n) is 4.86. The maximum atomic E-state index is 11.2. The Hall–Kier alpha value is -0.570. The molecule has 0 amide bonds. The van der Waals surface area contributed by atoms with Crippen LogP contribution in [0, 0.1) is 5.92 Å². The summed E-state index contributed by atoms with van der Waals surface area (Å²) in [6, 6.07) is 0. The first-order valence-corrected chi connectivity index (χ1v) is 6.26. The molecule has 0 aromatic carbocycles. The molecule has 16 heavy (non-hydrogen) atoms. The Bertz CT molecular complexity index is 259. The molecular weight excluding hydrogens is 202 g/mol. The molecule has 0 aromatic rings. The summed E-state index contributed by atoms with van der Waals surface area (Å²) in [5, 5.41) is 9.26. The molecule has 2 atom stereocenters. The maximum absolute atomic E-state index is 11.2. The van der Waals surface area contributed by atoms with Gasteiger partial charge in [0.1, 0.15) is 0 Å². The molecule has 0 saturated carbocycles. The first-order valence-electron chi connectivity index (χ1n) is 6.26. The topological polar surface area (TPSA) is 40.5 Å². The minimum absolute atomic E-state index is 0.0199. The Morgan fingerprint density at radius 1 is 1.25 bits per heavy atom.